The third-order valence-corrected chi connectivity index (χ3v) is 6.79. The van der Waals surface area contributed by atoms with Crippen LogP contribution < -0.4 is 10.2 Å². The second-order valence-corrected chi connectivity index (χ2v) is 9.65. The maximum atomic E-state index is 13.8. The number of amides is 2. The molecule has 1 aliphatic carbocycles. The first kappa shape index (κ1) is 24.8. The number of carbonyl (C=O) groups excluding carboxylic acids is 2. The quantitative estimate of drug-likeness (QED) is 0.381. The molecule has 6 heteroatoms. The first-order valence-corrected chi connectivity index (χ1v) is 12.5. The number of hydrogen-bond donors (Lipinski definition) is 1. The fraction of sp³-hybridized carbons (Fsp3) is 0.310. The van der Waals surface area contributed by atoms with Crippen LogP contribution in [0, 0.1) is 0 Å². The standard InChI is InChI=1S/C29H32ClN3O2/c1-4-24(20-10-6-5-7-11-20)29(35)33(23-15-16-23)19-21-18-22(14-17-27(21)32(2)3)31-28(34)25-12-8-9-13-26(25)30/h5-14,17-18,23-24H,4,15-16,19H2,1-3H3,(H,31,34). The molecule has 0 bridgehead atoms. The fourth-order valence-electron chi connectivity index (χ4n) is 4.47. The van der Waals surface area contributed by atoms with E-state index in [0.717, 1.165) is 36.1 Å². The van der Waals surface area contributed by atoms with Gasteiger partial charge in [-0.15, -0.1) is 0 Å². The number of carbonyl (C=O) groups is 2. The largest absolute Gasteiger partial charge is 0.377 e. The van der Waals surface area contributed by atoms with Crippen LogP contribution in [-0.4, -0.2) is 36.9 Å². The van der Waals surface area contributed by atoms with Crippen LogP contribution in [0.3, 0.4) is 0 Å². The van der Waals surface area contributed by atoms with Crippen molar-refractivity contribution >= 4 is 34.8 Å². The molecule has 182 valence electrons. The molecule has 1 unspecified atom stereocenters. The van der Waals surface area contributed by atoms with Crippen LogP contribution in [0.5, 0.6) is 0 Å². The highest BCUT2D eigenvalue weighted by Crippen LogP contribution is 2.35. The lowest BCUT2D eigenvalue weighted by Gasteiger charge is -2.29. The Morgan fingerprint density at radius 2 is 1.69 bits per heavy atom. The summed E-state index contributed by atoms with van der Waals surface area (Å²) in [6.45, 7) is 2.56. The first-order chi connectivity index (χ1) is 16.9. The molecule has 2 amide bonds. The predicted octanol–water partition coefficient (Wildman–Crippen LogP) is 6.34. The summed E-state index contributed by atoms with van der Waals surface area (Å²) in [6.07, 6.45) is 2.80. The van der Waals surface area contributed by atoms with Gasteiger partial charge in [-0.25, -0.2) is 0 Å². The third kappa shape index (κ3) is 5.85. The van der Waals surface area contributed by atoms with E-state index in [2.05, 4.69) is 12.2 Å². The zero-order valence-corrected chi connectivity index (χ0v) is 21.3. The number of nitrogens with zero attached hydrogens (tertiary/aromatic N) is 2. The number of benzene rings is 3. The first-order valence-electron chi connectivity index (χ1n) is 12.1. The van der Waals surface area contributed by atoms with Gasteiger partial charge in [0.2, 0.25) is 5.91 Å². The van der Waals surface area contributed by atoms with Gasteiger partial charge in [-0.05, 0) is 60.7 Å². The molecule has 0 aliphatic heterocycles. The lowest BCUT2D eigenvalue weighted by molar-refractivity contribution is -0.134. The Hall–Kier alpha value is -3.31. The summed E-state index contributed by atoms with van der Waals surface area (Å²) in [5.74, 6) is -0.261. The van der Waals surface area contributed by atoms with E-state index in [9.17, 15) is 9.59 Å². The van der Waals surface area contributed by atoms with Crippen molar-refractivity contribution in [1.29, 1.82) is 0 Å². The zero-order valence-electron chi connectivity index (χ0n) is 20.5. The minimum atomic E-state index is -0.260. The van der Waals surface area contributed by atoms with Crippen molar-refractivity contribution in [3.05, 3.63) is 94.5 Å². The van der Waals surface area contributed by atoms with Gasteiger partial charge in [-0.2, -0.15) is 0 Å². The van der Waals surface area contributed by atoms with E-state index in [-0.39, 0.29) is 23.8 Å². The Labute approximate surface area is 212 Å². The highest BCUT2D eigenvalue weighted by atomic mass is 35.5. The van der Waals surface area contributed by atoms with Crippen LogP contribution in [-0.2, 0) is 11.3 Å². The van der Waals surface area contributed by atoms with Crippen LogP contribution in [0.15, 0.2) is 72.8 Å². The molecule has 1 fully saturated rings. The molecule has 4 rings (SSSR count). The van der Waals surface area contributed by atoms with Gasteiger partial charge in [0.05, 0.1) is 16.5 Å². The smallest absolute Gasteiger partial charge is 0.257 e. The van der Waals surface area contributed by atoms with Gasteiger partial charge in [0.1, 0.15) is 0 Å². The molecule has 0 saturated heterocycles. The normalized spacial score (nSPS) is 13.7. The van der Waals surface area contributed by atoms with Crippen molar-refractivity contribution < 1.29 is 9.59 Å². The van der Waals surface area contributed by atoms with Gasteiger partial charge in [-0.1, -0.05) is 61.0 Å². The van der Waals surface area contributed by atoms with Crippen LogP contribution in [0.25, 0.3) is 0 Å². The van der Waals surface area contributed by atoms with Crippen LogP contribution >= 0.6 is 11.6 Å². The van der Waals surface area contributed by atoms with Crippen molar-refractivity contribution in [2.75, 3.05) is 24.3 Å². The van der Waals surface area contributed by atoms with E-state index < -0.39 is 0 Å². The molecule has 0 aromatic heterocycles. The molecule has 3 aromatic rings. The summed E-state index contributed by atoms with van der Waals surface area (Å²) in [6, 6.07) is 23.1. The summed E-state index contributed by atoms with van der Waals surface area (Å²) in [7, 11) is 3.98. The maximum Gasteiger partial charge on any atom is 0.257 e. The summed E-state index contributed by atoms with van der Waals surface area (Å²) >= 11 is 6.21. The number of rotatable bonds is 9. The minimum Gasteiger partial charge on any atom is -0.377 e. The molecule has 1 atom stereocenters. The van der Waals surface area contributed by atoms with Crippen LogP contribution in [0.2, 0.25) is 5.02 Å². The van der Waals surface area contributed by atoms with Gasteiger partial charge in [0, 0.05) is 38.1 Å². The van der Waals surface area contributed by atoms with Gasteiger partial charge in [0.25, 0.3) is 5.91 Å². The van der Waals surface area contributed by atoms with E-state index in [0.29, 0.717) is 22.8 Å². The number of nitrogens with one attached hydrogen (secondary N) is 1. The average molecular weight is 490 g/mol. The van der Waals surface area contributed by atoms with Crippen molar-refractivity contribution in [2.24, 2.45) is 0 Å². The fourth-order valence-corrected chi connectivity index (χ4v) is 4.69. The Morgan fingerprint density at radius 3 is 2.31 bits per heavy atom. The molecule has 3 aromatic carbocycles. The highest BCUT2D eigenvalue weighted by molar-refractivity contribution is 6.34. The van der Waals surface area contributed by atoms with Crippen molar-refractivity contribution in [3.63, 3.8) is 0 Å². The molecule has 1 aliphatic rings. The Morgan fingerprint density at radius 1 is 1.00 bits per heavy atom. The van der Waals surface area contributed by atoms with E-state index in [4.69, 9.17) is 11.6 Å². The van der Waals surface area contributed by atoms with Crippen molar-refractivity contribution in [2.45, 2.75) is 44.7 Å². The Balaban J connectivity index is 1.61. The molecular formula is C29H32ClN3O2. The van der Waals surface area contributed by atoms with Gasteiger partial charge >= 0.3 is 0 Å². The van der Waals surface area contributed by atoms with Crippen LogP contribution in [0.4, 0.5) is 11.4 Å². The van der Waals surface area contributed by atoms with Gasteiger partial charge in [-0.3, -0.25) is 9.59 Å². The van der Waals surface area contributed by atoms with E-state index in [1.165, 1.54) is 0 Å². The molecule has 0 radical (unpaired) electrons. The minimum absolute atomic E-state index is 0.163. The molecule has 0 heterocycles. The van der Waals surface area contributed by atoms with Crippen molar-refractivity contribution in [3.8, 4) is 0 Å². The molecule has 35 heavy (non-hydrogen) atoms. The van der Waals surface area contributed by atoms with E-state index in [1.54, 1.807) is 24.3 Å². The predicted molar refractivity (Wildman–Crippen MR) is 143 cm³/mol. The number of hydrogen-bond acceptors (Lipinski definition) is 3. The lowest BCUT2D eigenvalue weighted by atomic mass is 9.94. The highest BCUT2D eigenvalue weighted by Gasteiger charge is 2.36. The van der Waals surface area contributed by atoms with Crippen LogP contribution in [0.1, 0.15) is 53.6 Å². The Kier molecular flexibility index (Phi) is 7.76. The zero-order chi connectivity index (χ0) is 24.9. The molecule has 0 spiro atoms. The second kappa shape index (κ2) is 11.0. The molecule has 5 nitrogen and oxygen atoms in total. The molecule has 1 N–H and O–H groups in total. The maximum absolute atomic E-state index is 13.8. The third-order valence-electron chi connectivity index (χ3n) is 6.46. The number of anilines is 2. The average Bonchev–Trinajstić information content (AvgIpc) is 3.69. The monoisotopic (exact) mass is 489 g/mol. The summed E-state index contributed by atoms with van der Waals surface area (Å²) in [5, 5.41) is 3.38. The summed E-state index contributed by atoms with van der Waals surface area (Å²) in [4.78, 5) is 30.7. The molecule has 1 saturated carbocycles. The van der Waals surface area contributed by atoms with E-state index in [1.807, 2.05) is 72.4 Å². The Bertz CT molecular complexity index is 1190. The topological polar surface area (TPSA) is 52.7 Å². The number of halogens is 1. The van der Waals surface area contributed by atoms with Gasteiger partial charge < -0.3 is 15.1 Å². The van der Waals surface area contributed by atoms with E-state index >= 15 is 0 Å². The SMILES string of the molecule is CCC(C(=O)N(Cc1cc(NC(=O)c2ccccc2Cl)ccc1N(C)C)C1CC1)c1ccccc1. The van der Waals surface area contributed by atoms with Crippen molar-refractivity contribution in [1.82, 2.24) is 4.90 Å². The summed E-state index contributed by atoms with van der Waals surface area (Å²) < 4.78 is 0. The molecular weight excluding hydrogens is 458 g/mol. The van der Waals surface area contributed by atoms with Gasteiger partial charge in [0.15, 0.2) is 0 Å². The second-order valence-electron chi connectivity index (χ2n) is 9.24. The summed E-state index contributed by atoms with van der Waals surface area (Å²) in [5.41, 5.74) is 4.17. The lowest BCUT2D eigenvalue weighted by Crippen LogP contribution is -2.36.